The van der Waals surface area contributed by atoms with Gasteiger partial charge in [-0.05, 0) is 43.9 Å². The van der Waals surface area contributed by atoms with Gasteiger partial charge in [0.05, 0.1) is 25.2 Å². The molecule has 92 valence electrons. The number of epoxide rings is 3. The summed E-state index contributed by atoms with van der Waals surface area (Å²) in [7, 11) is 0. The Morgan fingerprint density at radius 1 is 0.529 bits per heavy atom. The zero-order valence-electron chi connectivity index (χ0n) is 10.1. The van der Waals surface area contributed by atoms with E-state index in [4.69, 9.17) is 14.2 Å². The molecular formula is C14H18O3. The van der Waals surface area contributed by atoms with Gasteiger partial charge in [0.15, 0.2) is 0 Å². The highest BCUT2D eigenvalue weighted by Gasteiger charge is 2.96. The first kappa shape index (κ1) is 8.89. The smallest absolute Gasteiger partial charge is 0.103 e. The van der Waals surface area contributed by atoms with Crippen LogP contribution in [0.25, 0.3) is 0 Å². The van der Waals surface area contributed by atoms with E-state index in [1.165, 1.54) is 38.5 Å². The Kier molecular flexibility index (Phi) is 1.05. The molecule has 0 bridgehead atoms. The zero-order valence-corrected chi connectivity index (χ0v) is 10.1. The minimum absolute atomic E-state index is 0.160. The SMILES string of the molecule is C1CC2(CO2)C23C1(CCC21CO1)CCC31CO1. The second-order valence-electron chi connectivity index (χ2n) is 7.38. The standard InChI is InChI=1S/C14H18O3/c1-4-11(7-15-11)14-10(1,2-5-12(14)8-16-12)3-6-13(14)9-17-13/h1-9H2. The lowest BCUT2D eigenvalue weighted by Crippen LogP contribution is -2.56. The summed E-state index contributed by atoms with van der Waals surface area (Å²) in [5, 5.41) is 0. The Labute approximate surface area is 101 Å². The second-order valence-corrected chi connectivity index (χ2v) is 7.38. The normalized spacial score (nSPS) is 73.4. The van der Waals surface area contributed by atoms with Gasteiger partial charge in [-0.15, -0.1) is 0 Å². The molecule has 3 heteroatoms. The molecule has 3 heterocycles. The van der Waals surface area contributed by atoms with E-state index in [0.29, 0.717) is 5.41 Å². The molecule has 3 atom stereocenters. The third kappa shape index (κ3) is 0.592. The molecule has 0 aromatic heterocycles. The minimum Gasteiger partial charge on any atom is -0.369 e. The van der Waals surface area contributed by atoms with Crippen LogP contribution in [-0.4, -0.2) is 36.6 Å². The molecule has 3 saturated heterocycles. The summed E-state index contributed by atoms with van der Waals surface area (Å²) in [6.07, 6.45) is 7.89. The average Bonchev–Trinajstić information content (AvgIpc) is 3.18. The first-order chi connectivity index (χ1) is 8.24. The quantitative estimate of drug-likeness (QED) is 0.598. The maximum absolute atomic E-state index is 6.06. The molecule has 3 nitrogen and oxygen atoms in total. The fraction of sp³-hybridized carbons (Fsp3) is 1.00. The van der Waals surface area contributed by atoms with Crippen LogP contribution >= 0.6 is 0 Å². The molecule has 6 aliphatic rings. The Balaban J connectivity index is 1.72. The van der Waals surface area contributed by atoms with Crippen molar-refractivity contribution in [3.05, 3.63) is 0 Å². The first-order valence-corrected chi connectivity index (χ1v) is 7.16. The molecular weight excluding hydrogens is 216 g/mol. The van der Waals surface area contributed by atoms with Crippen LogP contribution < -0.4 is 0 Å². The van der Waals surface area contributed by atoms with Crippen LogP contribution in [0, 0.1) is 10.8 Å². The van der Waals surface area contributed by atoms with Crippen molar-refractivity contribution in [2.75, 3.05) is 19.8 Å². The number of hydrogen-bond acceptors (Lipinski definition) is 3. The summed E-state index contributed by atoms with van der Waals surface area (Å²) in [5.41, 5.74) is 1.24. The van der Waals surface area contributed by atoms with E-state index in [9.17, 15) is 0 Å². The zero-order chi connectivity index (χ0) is 11.0. The van der Waals surface area contributed by atoms with Crippen LogP contribution in [0.2, 0.25) is 0 Å². The molecule has 17 heavy (non-hydrogen) atoms. The van der Waals surface area contributed by atoms with E-state index in [0.717, 1.165) is 19.8 Å². The molecule has 3 aliphatic heterocycles. The molecule has 3 saturated carbocycles. The van der Waals surface area contributed by atoms with Gasteiger partial charge in [0.1, 0.15) is 16.8 Å². The van der Waals surface area contributed by atoms with Crippen molar-refractivity contribution in [2.45, 2.75) is 55.3 Å². The summed E-state index contributed by atoms with van der Waals surface area (Å²) in [5.74, 6) is 0. The van der Waals surface area contributed by atoms with Gasteiger partial charge in [0, 0.05) is 0 Å². The van der Waals surface area contributed by atoms with Crippen LogP contribution in [0.1, 0.15) is 38.5 Å². The van der Waals surface area contributed by atoms with Crippen LogP contribution in [0.5, 0.6) is 0 Å². The summed E-state index contributed by atoms with van der Waals surface area (Å²) >= 11 is 0. The molecule has 6 fully saturated rings. The number of ether oxygens (including phenoxy) is 3. The van der Waals surface area contributed by atoms with E-state index < -0.39 is 0 Å². The molecule has 3 aliphatic carbocycles. The Hall–Kier alpha value is -0.120. The fourth-order valence-electron chi connectivity index (χ4n) is 6.86. The highest BCUT2D eigenvalue weighted by atomic mass is 16.6. The Bertz CT molecular complexity index is 380. The third-order valence-electron chi connectivity index (χ3n) is 7.35. The molecule has 6 rings (SSSR count). The molecule has 0 radical (unpaired) electrons. The van der Waals surface area contributed by atoms with Crippen molar-refractivity contribution in [1.29, 1.82) is 0 Å². The van der Waals surface area contributed by atoms with Crippen molar-refractivity contribution in [3.8, 4) is 0 Å². The van der Waals surface area contributed by atoms with Gasteiger partial charge in [-0.1, -0.05) is 0 Å². The van der Waals surface area contributed by atoms with Gasteiger partial charge >= 0.3 is 0 Å². The molecule has 0 amide bonds. The lowest BCUT2D eigenvalue weighted by atomic mass is 9.58. The summed E-state index contributed by atoms with van der Waals surface area (Å²) in [4.78, 5) is 0. The van der Waals surface area contributed by atoms with Gasteiger partial charge < -0.3 is 14.2 Å². The van der Waals surface area contributed by atoms with Gasteiger partial charge in [0.2, 0.25) is 0 Å². The van der Waals surface area contributed by atoms with E-state index in [-0.39, 0.29) is 22.2 Å². The third-order valence-corrected chi connectivity index (χ3v) is 7.35. The minimum atomic E-state index is 0.160. The first-order valence-electron chi connectivity index (χ1n) is 7.16. The molecule has 3 spiro atoms. The van der Waals surface area contributed by atoms with Crippen molar-refractivity contribution in [3.63, 3.8) is 0 Å². The molecule has 0 N–H and O–H groups in total. The lowest BCUT2D eigenvalue weighted by Gasteiger charge is -2.43. The maximum Gasteiger partial charge on any atom is 0.103 e. The lowest BCUT2D eigenvalue weighted by molar-refractivity contribution is -0.0453. The Morgan fingerprint density at radius 2 is 0.882 bits per heavy atom. The predicted molar refractivity (Wildman–Crippen MR) is 58.6 cm³/mol. The van der Waals surface area contributed by atoms with Gasteiger partial charge in [-0.25, -0.2) is 0 Å². The van der Waals surface area contributed by atoms with E-state index >= 15 is 0 Å². The number of hydrogen-bond donors (Lipinski definition) is 0. The van der Waals surface area contributed by atoms with Crippen molar-refractivity contribution in [2.24, 2.45) is 10.8 Å². The van der Waals surface area contributed by atoms with Crippen molar-refractivity contribution in [1.82, 2.24) is 0 Å². The van der Waals surface area contributed by atoms with Crippen LogP contribution in [0.3, 0.4) is 0 Å². The largest absolute Gasteiger partial charge is 0.369 e. The predicted octanol–water partition coefficient (Wildman–Crippen LogP) is 1.65. The number of rotatable bonds is 0. The summed E-state index contributed by atoms with van der Waals surface area (Å²) in [6, 6.07) is 0. The molecule has 0 aromatic rings. The van der Waals surface area contributed by atoms with E-state index in [1.807, 2.05) is 0 Å². The van der Waals surface area contributed by atoms with Gasteiger partial charge in [0.25, 0.3) is 0 Å². The van der Waals surface area contributed by atoms with Crippen molar-refractivity contribution < 1.29 is 14.2 Å². The van der Waals surface area contributed by atoms with Gasteiger partial charge in [-0.3, -0.25) is 0 Å². The van der Waals surface area contributed by atoms with Crippen LogP contribution in [-0.2, 0) is 14.2 Å². The van der Waals surface area contributed by atoms with Crippen molar-refractivity contribution >= 4 is 0 Å². The topological polar surface area (TPSA) is 37.6 Å². The van der Waals surface area contributed by atoms with E-state index in [1.54, 1.807) is 0 Å². The summed E-state index contributed by atoms with van der Waals surface area (Å²) < 4.78 is 18.2. The highest BCUT2D eigenvalue weighted by Crippen LogP contribution is 2.88. The van der Waals surface area contributed by atoms with Gasteiger partial charge in [-0.2, -0.15) is 0 Å². The van der Waals surface area contributed by atoms with E-state index in [2.05, 4.69) is 0 Å². The van der Waals surface area contributed by atoms with Crippen LogP contribution in [0.4, 0.5) is 0 Å². The molecule has 3 unspecified atom stereocenters. The fourth-order valence-corrected chi connectivity index (χ4v) is 6.86. The second kappa shape index (κ2) is 2.00. The maximum atomic E-state index is 6.06. The average molecular weight is 234 g/mol. The Morgan fingerprint density at radius 3 is 1.18 bits per heavy atom. The molecule has 0 aromatic carbocycles. The highest BCUT2D eigenvalue weighted by molar-refractivity contribution is 5.43. The monoisotopic (exact) mass is 234 g/mol. The summed E-state index contributed by atoms with van der Waals surface area (Å²) in [6.45, 7) is 2.93. The van der Waals surface area contributed by atoms with Crippen LogP contribution in [0.15, 0.2) is 0 Å².